The molecule has 0 bridgehead atoms. The van der Waals surface area contributed by atoms with Crippen LogP contribution in [0.1, 0.15) is 40.7 Å². The van der Waals surface area contributed by atoms with Crippen molar-refractivity contribution in [2.24, 2.45) is 0 Å². The zero-order valence-electron chi connectivity index (χ0n) is 17.1. The molecule has 0 radical (unpaired) electrons. The molecule has 4 amide bonds. The zero-order chi connectivity index (χ0) is 22.7. The van der Waals surface area contributed by atoms with Crippen LogP contribution >= 0.6 is 0 Å². The second-order valence-electron chi connectivity index (χ2n) is 7.60. The molecule has 2 aromatic carbocycles. The Morgan fingerprint density at radius 3 is 2.59 bits per heavy atom. The maximum Gasteiger partial charge on any atom is 0.315 e. The highest BCUT2D eigenvalue weighted by atomic mass is 16.5. The Labute approximate surface area is 183 Å². The van der Waals surface area contributed by atoms with E-state index in [1.54, 1.807) is 18.2 Å². The fraction of sp³-hybridized carbons (Fsp3) is 0.261. The van der Waals surface area contributed by atoms with Crippen molar-refractivity contribution in [3.05, 3.63) is 65.2 Å². The summed E-state index contributed by atoms with van der Waals surface area (Å²) in [4.78, 5) is 62.2. The number of imide groups is 1. The van der Waals surface area contributed by atoms with E-state index in [0.717, 1.165) is 5.56 Å². The monoisotopic (exact) mass is 435 g/mol. The Morgan fingerprint density at radius 1 is 1.06 bits per heavy atom. The third-order valence-corrected chi connectivity index (χ3v) is 5.40. The molecule has 1 unspecified atom stereocenters. The van der Waals surface area contributed by atoms with Crippen molar-refractivity contribution >= 4 is 35.3 Å². The van der Waals surface area contributed by atoms with E-state index >= 15 is 0 Å². The van der Waals surface area contributed by atoms with Gasteiger partial charge in [-0.25, -0.2) is 0 Å². The molecule has 2 heterocycles. The molecule has 2 N–H and O–H groups in total. The standard InChI is InChI=1S/C23H21N3O6/c27-19-10-9-18(22(30)25-19)26-12-16-15(23(26)31)7-4-8-17(16)24-20(28)11-21(29)32-13-14-5-2-1-3-6-14/h1-8,18H,9-13H2,(H,24,28)(H,25,27,30). The summed E-state index contributed by atoms with van der Waals surface area (Å²) >= 11 is 0. The third-order valence-electron chi connectivity index (χ3n) is 5.40. The van der Waals surface area contributed by atoms with Gasteiger partial charge in [0.1, 0.15) is 19.1 Å². The number of anilines is 1. The highest BCUT2D eigenvalue weighted by Crippen LogP contribution is 2.32. The van der Waals surface area contributed by atoms with E-state index in [0.29, 0.717) is 16.8 Å². The molecule has 1 atom stereocenters. The van der Waals surface area contributed by atoms with E-state index in [4.69, 9.17) is 4.74 Å². The van der Waals surface area contributed by atoms with Gasteiger partial charge in [0.25, 0.3) is 5.91 Å². The fourth-order valence-electron chi connectivity index (χ4n) is 3.82. The van der Waals surface area contributed by atoms with Crippen molar-refractivity contribution < 1.29 is 28.7 Å². The minimum atomic E-state index is -0.746. The molecule has 164 valence electrons. The van der Waals surface area contributed by atoms with Gasteiger partial charge in [-0.1, -0.05) is 36.4 Å². The molecule has 2 aliphatic heterocycles. The van der Waals surface area contributed by atoms with Crippen molar-refractivity contribution in [1.82, 2.24) is 10.2 Å². The maximum absolute atomic E-state index is 12.8. The Hall–Kier alpha value is -4.01. The van der Waals surface area contributed by atoms with E-state index < -0.39 is 30.2 Å². The number of amides is 4. The van der Waals surface area contributed by atoms with Gasteiger partial charge in [-0.3, -0.25) is 29.3 Å². The molecule has 0 aromatic heterocycles. The number of nitrogens with one attached hydrogen (secondary N) is 2. The van der Waals surface area contributed by atoms with Gasteiger partial charge < -0.3 is 15.0 Å². The SMILES string of the molecule is O=C1CCC(N2Cc3c(NC(=O)CC(=O)OCc4ccccc4)cccc3C2=O)C(=O)N1. The number of carbonyl (C=O) groups excluding carboxylic acids is 5. The molecule has 0 spiro atoms. The van der Waals surface area contributed by atoms with Crippen LogP contribution in [0.4, 0.5) is 5.69 Å². The largest absolute Gasteiger partial charge is 0.460 e. The summed E-state index contributed by atoms with van der Waals surface area (Å²) in [6, 6.07) is 13.2. The number of benzene rings is 2. The molecular formula is C23H21N3O6. The van der Waals surface area contributed by atoms with Gasteiger partial charge in [-0.05, 0) is 24.1 Å². The van der Waals surface area contributed by atoms with E-state index in [1.807, 2.05) is 30.3 Å². The van der Waals surface area contributed by atoms with Crippen LogP contribution in [0.15, 0.2) is 48.5 Å². The lowest BCUT2D eigenvalue weighted by atomic mass is 10.0. The minimum Gasteiger partial charge on any atom is -0.460 e. The quantitative estimate of drug-likeness (QED) is 0.403. The van der Waals surface area contributed by atoms with Crippen LogP contribution in [-0.4, -0.2) is 40.5 Å². The number of piperidine rings is 1. The molecule has 1 saturated heterocycles. The molecule has 32 heavy (non-hydrogen) atoms. The first kappa shape index (κ1) is 21.2. The molecular weight excluding hydrogens is 414 g/mol. The van der Waals surface area contributed by atoms with Gasteiger partial charge in [0, 0.05) is 29.8 Å². The van der Waals surface area contributed by atoms with Crippen molar-refractivity contribution in [2.75, 3.05) is 5.32 Å². The van der Waals surface area contributed by atoms with Crippen molar-refractivity contribution in [3.8, 4) is 0 Å². The minimum absolute atomic E-state index is 0.0725. The average Bonchev–Trinajstić information content (AvgIpc) is 3.10. The van der Waals surface area contributed by atoms with Crippen LogP contribution in [0.3, 0.4) is 0 Å². The first-order chi connectivity index (χ1) is 15.4. The molecule has 2 aromatic rings. The van der Waals surface area contributed by atoms with Gasteiger partial charge in [-0.15, -0.1) is 0 Å². The normalized spacial score (nSPS) is 17.6. The Morgan fingerprint density at radius 2 is 1.84 bits per heavy atom. The summed E-state index contributed by atoms with van der Waals surface area (Å²) in [5, 5.41) is 4.91. The molecule has 0 saturated carbocycles. The Kier molecular flexibility index (Phi) is 5.98. The summed E-state index contributed by atoms with van der Waals surface area (Å²) < 4.78 is 5.13. The lowest BCUT2D eigenvalue weighted by Gasteiger charge is -2.29. The number of carbonyl (C=O) groups is 5. The van der Waals surface area contributed by atoms with E-state index in [9.17, 15) is 24.0 Å². The first-order valence-corrected chi connectivity index (χ1v) is 10.2. The topological polar surface area (TPSA) is 122 Å². The summed E-state index contributed by atoms with van der Waals surface area (Å²) in [5.41, 5.74) is 2.15. The molecule has 4 rings (SSSR count). The highest BCUT2D eigenvalue weighted by molar-refractivity contribution is 6.07. The fourth-order valence-corrected chi connectivity index (χ4v) is 3.82. The number of hydrogen-bond acceptors (Lipinski definition) is 6. The van der Waals surface area contributed by atoms with Gasteiger partial charge in [0.15, 0.2) is 0 Å². The van der Waals surface area contributed by atoms with Crippen LogP contribution in [-0.2, 0) is 37.1 Å². The predicted molar refractivity (Wildman–Crippen MR) is 112 cm³/mol. The van der Waals surface area contributed by atoms with Gasteiger partial charge in [-0.2, -0.15) is 0 Å². The molecule has 2 aliphatic rings. The second-order valence-corrected chi connectivity index (χ2v) is 7.60. The average molecular weight is 435 g/mol. The van der Waals surface area contributed by atoms with Crippen molar-refractivity contribution in [2.45, 2.75) is 38.5 Å². The van der Waals surface area contributed by atoms with Crippen molar-refractivity contribution in [3.63, 3.8) is 0 Å². The number of hydrogen-bond donors (Lipinski definition) is 2. The van der Waals surface area contributed by atoms with Gasteiger partial charge >= 0.3 is 5.97 Å². The lowest BCUT2D eigenvalue weighted by Crippen LogP contribution is -2.52. The highest BCUT2D eigenvalue weighted by Gasteiger charge is 2.39. The van der Waals surface area contributed by atoms with Gasteiger partial charge in [0.05, 0.1) is 0 Å². The first-order valence-electron chi connectivity index (χ1n) is 10.2. The van der Waals surface area contributed by atoms with E-state index in [1.165, 1.54) is 4.90 Å². The summed E-state index contributed by atoms with van der Waals surface area (Å²) in [7, 11) is 0. The summed E-state index contributed by atoms with van der Waals surface area (Å²) in [5.74, 6) is -2.44. The zero-order valence-corrected chi connectivity index (χ0v) is 17.1. The lowest BCUT2D eigenvalue weighted by molar-refractivity contribution is -0.147. The summed E-state index contributed by atoms with van der Waals surface area (Å²) in [6.45, 7) is 0.193. The Balaban J connectivity index is 1.39. The molecule has 0 aliphatic carbocycles. The van der Waals surface area contributed by atoms with Crippen LogP contribution < -0.4 is 10.6 Å². The third kappa shape index (κ3) is 4.51. The number of fused-ring (bicyclic) bond motifs is 1. The van der Waals surface area contributed by atoms with Crippen molar-refractivity contribution in [1.29, 1.82) is 0 Å². The molecule has 9 nitrogen and oxygen atoms in total. The van der Waals surface area contributed by atoms with Crippen LogP contribution in [0, 0.1) is 0 Å². The Bertz CT molecular complexity index is 1100. The smallest absolute Gasteiger partial charge is 0.315 e. The van der Waals surface area contributed by atoms with Crippen LogP contribution in [0.25, 0.3) is 0 Å². The maximum atomic E-state index is 12.8. The number of rotatable bonds is 6. The van der Waals surface area contributed by atoms with E-state index in [-0.39, 0.29) is 37.8 Å². The van der Waals surface area contributed by atoms with Gasteiger partial charge in [0.2, 0.25) is 17.7 Å². The summed E-state index contributed by atoms with van der Waals surface area (Å²) in [6.07, 6.45) is -0.0636. The number of esters is 1. The number of ether oxygens (including phenoxy) is 1. The number of nitrogens with zero attached hydrogens (tertiary/aromatic N) is 1. The molecule has 9 heteroatoms. The van der Waals surface area contributed by atoms with E-state index in [2.05, 4.69) is 10.6 Å². The molecule has 1 fully saturated rings. The predicted octanol–water partition coefficient (Wildman–Crippen LogP) is 1.52. The second kappa shape index (κ2) is 9.01. The van der Waals surface area contributed by atoms with Crippen LogP contribution in [0.5, 0.6) is 0 Å². The van der Waals surface area contributed by atoms with Crippen LogP contribution in [0.2, 0.25) is 0 Å².